The fraction of sp³-hybridized carbons (Fsp3) is 0.190. The van der Waals surface area contributed by atoms with Gasteiger partial charge in [-0.05, 0) is 44.6 Å². The molecule has 1 aliphatic carbocycles. The molecule has 0 amide bonds. The second kappa shape index (κ2) is 22.1. The van der Waals surface area contributed by atoms with Gasteiger partial charge >= 0.3 is 49.6 Å². The van der Waals surface area contributed by atoms with Crippen molar-refractivity contribution < 1.29 is 50.1 Å². The van der Waals surface area contributed by atoms with E-state index in [1.165, 1.54) is 13.5 Å². The second-order valence-electron chi connectivity index (χ2n) is 4.88. The summed E-state index contributed by atoms with van der Waals surface area (Å²) in [6.07, 6.45) is 9.63. The van der Waals surface area contributed by atoms with Crippen LogP contribution in [-0.2, 0) is 39.9 Å². The van der Waals surface area contributed by atoms with E-state index < -0.39 is 18.2 Å². The van der Waals surface area contributed by atoms with Gasteiger partial charge in [-0.25, -0.2) is 0 Å². The van der Waals surface area contributed by atoms with Crippen molar-refractivity contribution in [3.05, 3.63) is 101 Å². The molecule has 0 saturated heterocycles. The van der Waals surface area contributed by atoms with Crippen molar-refractivity contribution in [2.75, 3.05) is 7.11 Å². The van der Waals surface area contributed by atoms with E-state index in [4.69, 9.17) is 9.30 Å². The molecule has 1 aromatic rings. The van der Waals surface area contributed by atoms with Crippen molar-refractivity contribution in [1.29, 1.82) is 0 Å². The van der Waals surface area contributed by atoms with Crippen molar-refractivity contribution in [3.63, 3.8) is 0 Å². The SMILES string of the molecule is [C-]#[O+].[C-]#[O+].[CH2][C]([CH][C@H](O)C[C@@H](O)c1ccccc1)C(=O)OC.[CH]1[CH][CH][CH][CH]1.[W+2]. The molecular formula is C21H22O6W+2. The van der Waals surface area contributed by atoms with Crippen molar-refractivity contribution in [2.45, 2.75) is 18.6 Å². The van der Waals surface area contributed by atoms with Gasteiger partial charge in [-0.3, -0.25) is 4.79 Å². The molecule has 6 nitrogen and oxygen atoms in total. The van der Waals surface area contributed by atoms with Crippen LogP contribution >= 0.6 is 0 Å². The fourth-order valence-corrected chi connectivity index (χ4v) is 1.86. The number of rotatable bonds is 6. The molecule has 2 atom stereocenters. The average Bonchev–Trinajstić information content (AvgIpc) is 3.31. The van der Waals surface area contributed by atoms with Gasteiger partial charge in [-0.2, -0.15) is 0 Å². The van der Waals surface area contributed by atoms with E-state index in [-0.39, 0.29) is 33.4 Å². The van der Waals surface area contributed by atoms with Crippen LogP contribution in [-0.4, -0.2) is 29.4 Å². The van der Waals surface area contributed by atoms with Crippen LogP contribution < -0.4 is 0 Å². The summed E-state index contributed by atoms with van der Waals surface area (Å²) < 4.78 is 19.5. The molecule has 28 heavy (non-hydrogen) atoms. The standard InChI is InChI=1S/C14H17O4.C5H5.2CO.W/c1-10(14(17)18-2)8-12(15)9-13(16)11-6-4-3-5-7-11;1-2-4-5-3-1;2*1-2;/h3-8,12-13,15-16H,1,9H2,2H3;1-5H;;;/q;;;;+2/t12-,13+;;;;/m0..../s1. The molecule has 1 saturated carbocycles. The first-order chi connectivity index (χ1) is 13.0. The molecular weight excluding hydrogens is 532 g/mol. The minimum Gasteiger partial charge on any atom is -0.469 e. The van der Waals surface area contributed by atoms with Crippen LogP contribution in [0.3, 0.4) is 0 Å². The number of ether oxygens (including phenoxy) is 1. The quantitative estimate of drug-likeness (QED) is 0.320. The predicted molar refractivity (Wildman–Crippen MR) is 96.3 cm³/mol. The summed E-state index contributed by atoms with van der Waals surface area (Å²) in [7, 11) is 1.24. The second-order valence-corrected chi connectivity index (χ2v) is 4.88. The Morgan fingerprint density at radius 2 is 1.50 bits per heavy atom. The van der Waals surface area contributed by atoms with Crippen molar-refractivity contribution >= 4 is 5.97 Å². The summed E-state index contributed by atoms with van der Waals surface area (Å²) in [4.78, 5) is 11.1. The number of esters is 1. The van der Waals surface area contributed by atoms with Crippen molar-refractivity contribution in [1.82, 2.24) is 0 Å². The zero-order valence-corrected chi connectivity index (χ0v) is 18.3. The Hall–Kier alpha value is -1.22. The number of aliphatic hydroxyl groups excluding tert-OH is 2. The molecule has 0 bridgehead atoms. The monoisotopic (exact) mass is 554 g/mol. The number of aliphatic hydroxyl groups is 2. The fourth-order valence-electron chi connectivity index (χ4n) is 1.86. The summed E-state index contributed by atoms with van der Waals surface area (Å²) in [5, 5.41) is 19.6. The van der Waals surface area contributed by atoms with E-state index in [0.717, 1.165) is 0 Å². The first-order valence-corrected chi connectivity index (χ1v) is 7.65. The van der Waals surface area contributed by atoms with E-state index in [9.17, 15) is 15.0 Å². The van der Waals surface area contributed by atoms with E-state index in [1.54, 1.807) is 12.1 Å². The molecule has 1 aromatic carbocycles. The zero-order valence-electron chi connectivity index (χ0n) is 15.4. The molecule has 7 heteroatoms. The van der Waals surface area contributed by atoms with Gasteiger partial charge in [0.15, 0.2) is 0 Å². The van der Waals surface area contributed by atoms with Gasteiger partial charge in [0.25, 0.3) is 0 Å². The Morgan fingerprint density at radius 1 is 1.07 bits per heavy atom. The van der Waals surface area contributed by atoms with Crippen LogP contribution in [0, 0.1) is 64.7 Å². The Bertz CT molecular complexity index is 500. The van der Waals surface area contributed by atoms with Gasteiger partial charge in [-0.15, -0.1) is 0 Å². The maximum Gasteiger partial charge on any atom is 2.00 e. The molecule has 146 valence electrons. The van der Waals surface area contributed by atoms with Crippen LogP contribution in [0.15, 0.2) is 30.3 Å². The summed E-state index contributed by atoms with van der Waals surface area (Å²) >= 11 is 0. The first kappa shape index (κ1) is 31.5. The van der Waals surface area contributed by atoms with Gasteiger partial charge in [0, 0.05) is 12.8 Å². The number of methoxy groups -OCH3 is 1. The topological polar surface area (TPSA) is 107 Å². The van der Waals surface area contributed by atoms with Gasteiger partial charge in [-0.1, -0.05) is 30.3 Å². The maximum absolute atomic E-state index is 11.1. The molecule has 0 heterocycles. The van der Waals surface area contributed by atoms with Crippen LogP contribution in [0.1, 0.15) is 18.1 Å². The summed E-state index contributed by atoms with van der Waals surface area (Å²) in [6.45, 7) is 12.5. The molecule has 8 radical (unpaired) electrons. The van der Waals surface area contributed by atoms with E-state index in [2.05, 4.69) is 25.0 Å². The summed E-state index contributed by atoms with van der Waals surface area (Å²) in [5.74, 6) is -0.520. The molecule has 2 rings (SSSR count). The summed E-state index contributed by atoms with van der Waals surface area (Å²) in [5.41, 5.74) is 0.716. The Balaban J connectivity index is -0.000000524. The van der Waals surface area contributed by atoms with E-state index in [1.807, 2.05) is 50.3 Å². The minimum absolute atomic E-state index is 0. The normalized spacial score (nSPS) is 13.6. The molecule has 0 aliphatic heterocycles. The van der Waals surface area contributed by atoms with Crippen LogP contribution in [0.5, 0.6) is 0 Å². The largest absolute Gasteiger partial charge is 2.00 e. The van der Waals surface area contributed by atoms with Gasteiger partial charge in [0.05, 0.1) is 25.2 Å². The number of hydrogen-bond acceptors (Lipinski definition) is 4. The van der Waals surface area contributed by atoms with Gasteiger partial charge in [0.2, 0.25) is 0 Å². The van der Waals surface area contributed by atoms with Gasteiger partial charge in [0.1, 0.15) is 0 Å². The van der Waals surface area contributed by atoms with E-state index >= 15 is 0 Å². The van der Waals surface area contributed by atoms with Crippen molar-refractivity contribution in [3.8, 4) is 0 Å². The number of carbonyl (C=O) groups is 1. The van der Waals surface area contributed by atoms with Crippen LogP contribution in [0.4, 0.5) is 0 Å². The Morgan fingerprint density at radius 3 is 1.89 bits per heavy atom. The number of hydrogen-bond donors (Lipinski definition) is 2. The van der Waals surface area contributed by atoms with Crippen molar-refractivity contribution in [2.24, 2.45) is 0 Å². The molecule has 1 aliphatic rings. The number of carbonyl (C=O) groups excluding carboxylic acids is 1. The predicted octanol–water partition coefficient (Wildman–Crippen LogP) is 2.20. The molecule has 0 aromatic heterocycles. The van der Waals surface area contributed by atoms with E-state index in [0.29, 0.717) is 5.56 Å². The third-order valence-corrected chi connectivity index (χ3v) is 3.05. The maximum atomic E-state index is 11.1. The zero-order chi connectivity index (χ0) is 21.1. The third-order valence-electron chi connectivity index (χ3n) is 3.05. The smallest absolute Gasteiger partial charge is 0.469 e. The minimum atomic E-state index is -0.952. The van der Waals surface area contributed by atoms with Gasteiger partial charge < -0.3 is 14.9 Å². The van der Waals surface area contributed by atoms with Crippen LogP contribution in [0.2, 0.25) is 0 Å². The average molecular weight is 554 g/mol. The molecule has 2 N–H and O–H groups in total. The Kier molecular flexibility index (Phi) is 24.8. The molecule has 0 spiro atoms. The first-order valence-electron chi connectivity index (χ1n) is 7.65. The summed E-state index contributed by atoms with van der Waals surface area (Å²) in [6, 6.07) is 9.00. The third kappa shape index (κ3) is 15.8. The molecule has 0 unspecified atom stereocenters. The molecule has 1 fully saturated rings. The Labute approximate surface area is 182 Å². The van der Waals surface area contributed by atoms with Crippen LogP contribution in [0.25, 0.3) is 0 Å². The number of benzene rings is 1.